The van der Waals surface area contributed by atoms with Gasteiger partial charge in [-0.15, -0.1) is 20.4 Å². The van der Waals surface area contributed by atoms with Crippen LogP contribution in [0.2, 0.25) is 0 Å². The Labute approximate surface area is 155 Å². The summed E-state index contributed by atoms with van der Waals surface area (Å²) in [6.45, 7) is 0. The van der Waals surface area contributed by atoms with Crippen LogP contribution in [0, 0.1) is 0 Å². The molecular weight excluding hydrogens is 406 g/mol. The lowest BCUT2D eigenvalue weighted by molar-refractivity contribution is 0.464. The van der Waals surface area contributed by atoms with Crippen molar-refractivity contribution in [2.75, 3.05) is 0 Å². The molecule has 0 aliphatic heterocycles. The molecule has 0 saturated carbocycles. The van der Waals surface area contributed by atoms with E-state index in [0.717, 1.165) is 15.6 Å². The minimum absolute atomic E-state index is 0.440. The van der Waals surface area contributed by atoms with E-state index < -0.39 is 0 Å². The van der Waals surface area contributed by atoms with Gasteiger partial charge in [0.2, 0.25) is 17.7 Å². The Morgan fingerprint density at radius 3 is 2.28 bits per heavy atom. The van der Waals surface area contributed by atoms with Crippen LogP contribution in [0.1, 0.15) is 5.89 Å². The number of benzene rings is 1. The van der Waals surface area contributed by atoms with Gasteiger partial charge in [-0.1, -0.05) is 27.7 Å². The smallest absolute Gasteiger partial charge is 0.277 e. The zero-order valence-electron chi connectivity index (χ0n) is 12.7. The minimum Gasteiger partial charge on any atom is -0.420 e. The summed E-state index contributed by atoms with van der Waals surface area (Å²) in [5, 5.41) is 16.6. The average molecular weight is 416 g/mol. The third kappa shape index (κ3) is 3.77. The van der Waals surface area contributed by atoms with Gasteiger partial charge in [-0.2, -0.15) is 0 Å². The van der Waals surface area contributed by atoms with Gasteiger partial charge in [0.05, 0.1) is 5.75 Å². The Hall–Kier alpha value is -2.52. The van der Waals surface area contributed by atoms with Crippen molar-refractivity contribution in [2.45, 2.75) is 11.0 Å². The van der Waals surface area contributed by atoms with Crippen LogP contribution in [0.15, 0.2) is 67.3 Å². The summed E-state index contributed by atoms with van der Waals surface area (Å²) in [5.74, 6) is 1.87. The molecule has 1 aromatic carbocycles. The number of pyridine rings is 1. The normalized spacial score (nSPS) is 10.9. The molecule has 3 aromatic heterocycles. The van der Waals surface area contributed by atoms with Gasteiger partial charge < -0.3 is 8.83 Å². The number of rotatable bonds is 5. The molecule has 0 aliphatic rings. The lowest BCUT2D eigenvalue weighted by atomic mass is 10.2. The van der Waals surface area contributed by atoms with Crippen molar-refractivity contribution in [2.24, 2.45) is 0 Å². The predicted octanol–water partition coefficient (Wildman–Crippen LogP) is 4.24. The molecule has 0 saturated heterocycles. The summed E-state index contributed by atoms with van der Waals surface area (Å²) in [6, 6.07) is 11.3. The summed E-state index contributed by atoms with van der Waals surface area (Å²) >= 11 is 4.74. The second-order valence-electron chi connectivity index (χ2n) is 4.91. The molecule has 0 bridgehead atoms. The maximum atomic E-state index is 5.67. The van der Waals surface area contributed by atoms with Gasteiger partial charge in [0.15, 0.2) is 0 Å². The number of hydrogen-bond donors (Lipinski definition) is 0. The SMILES string of the molecule is Brc1ccc(-c2nnc(CSc3nnc(-c4ccncc4)o3)o2)cc1. The summed E-state index contributed by atoms with van der Waals surface area (Å²) in [5.41, 5.74) is 1.69. The molecule has 25 heavy (non-hydrogen) atoms. The maximum Gasteiger partial charge on any atom is 0.277 e. The van der Waals surface area contributed by atoms with Crippen molar-refractivity contribution in [3.05, 3.63) is 59.2 Å². The Morgan fingerprint density at radius 1 is 0.800 bits per heavy atom. The number of halogens is 1. The number of thioether (sulfide) groups is 1. The number of aromatic nitrogens is 5. The molecule has 0 radical (unpaired) electrons. The molecule has 0 amide bonds. The van der Waals surface area contributed by atoms with E-state index in [1.807, 2.05) is 36.4 Å². The topological polar surface area (TPSA) is 90.7 Å². The van der Waals surface area contributed by atoms with E-state index in [4.69, 9.17) is 8.83 Å². The number of hydrogen-bond acceptors (Lipinski definition) is 8. The van der Waals surface area contributed by atoms with Crippen LogP contribution in [0.3, 0.4) is 0 Å². The van der Waals surface area contributed by atoms with E-state index in [-0.39, 0.29) is 0 Å². The van der Waals surface area contributed by atoms with Crippen LogP contribution in [0.4, 0.5) is 0 Å². The van der Waals surface area contributed by atoms with E-state index in [1.165, 1.54) is 11.8 Å². The molecule has 9 heteroatoms. The molecule has 0 unspecified atom stereocenters. The molecule has 0 spiro atoms. The predicted molar refractivity (Wildman–Crippen MR) is 94.5 cm³/mol. The third-order valence-electron chi connectivity index (χ3n) is 3.21. The van der Waals surface area contributed by atoms with Crippen LogP contribution in [0.25, 0.3) is 22.9 Å². The van der Waals surface area contributed by atoms with Gasteiger partial charge in [-0.05, 0) is 36.4 Å². The van der Waals surface area contributed by atoms with Gasteiger partial charge in [0, 0.05) is 28.0 Å². The highest BCUT2D eigenvalue weighted by atomic mass is 79.9. The highest BCUT2D eigenvalue weighted by molar-refractivity contribution is 9.10. The first-order valence-corrected chi connectivity index (χ1v) is 9.01. The van der Waals surface area contributed by atoms with Crippen molar-refractivity contribution >= 4 is 27.7 Å². The van der Waals surface area contributed by atoms with Gasteiger partial charge in [-0.3, -0.25) is 4.98 Å². The summed E-state index contributed by atoms with van der Waals surface area (Å²) < 4.78 is 12.3. The number of nitrogens with zero attached hydrogens (tertiary/aromatic N) is 5. The molecule has 0 N–H and O–H groups in total. The van der Waals surface area contributed by atoms with Crippen LogP contribution in [0.5, 0.6) is 0 Å². The van der Waals surface area contributed by atoms with E-state index in [1.54, 1.807) is 12.4 Å². The van der Waals surface area contributed by atoms with Gasteiger partial charge >= 0.3 is 0 Å². The summed E-state index contributed by atoms with van der Waals surface area (Å²) in [6.07, 6.45) is 3.35. The van der Waals surface area contributed by atoms with Crippen LogP contribution >= 0.6 is 27.7 Å². The van der Waals surface area contributed by atoms with E-state index in [9.17, 15) is 0 Å². The minimum atomic E-state index is 0.440. The van der Waals surface area contributed by atoms with Crippen LogP contribution in [-0.2, 0) is 5.75 Å². The third-order valence-corrected chi connectivity index (χ3v) is 4.54. The highest BCUT2D eigenvalue weighted by Crippen LogP contribution is 2.26. The molecule has 4 rings (SSSR count). The molecule has 7 nitrogen and oxygen atoms in total. The molecule has 0 fully saturated rings. The second-order valence-corrected chi connectivity index (χ2v) is 6.75. The van der Waals surface area contributed by atoms with Crippen molar-refractivity contribution in [1.29, 1.82) is 0 Å². The first-order chi connectivity index (χ1) is 12.3. The molecule has 0 aliphatic carbocycles. The Bertz CT molecular complexity index is 972. The lowest BCUT2D eigenvalue weighted by Crippen LogP contribution is -1.80. The van der Waals surface area contributed by atoms with E-state index in [2.05, 4.69) is 41.3 Å². The fourth-order valence-electron chi connectivity index (χ4n) is 2.02. The lowest BCUT2D eigenvalue weighted by Gasteiger charge is -1.94. The van der Waals surface area contributed by atoms with Crippen molar-refractivity contribution in [3.63, 3.8) is 0 Å². The molecule has 3 heterocycles. The first-order valence-electron chi connectivity index (χ1n) is 7.23. The molecular formula is C16H10BrN5O2S. The monoisotopic (exact) mass is 415 g/mol. The molecule has 124 valence electrons. The van der Waals surface area contributed by atoms with Crippen molar-refractivity contribution < 1.29 is 8.83 Å². The van der Waals surface area contributed by atoms with Gasteiger partial charge in [0.1, 0.15) is 0 Å². The second kappa shape index (κ2) is 7.16. The van der Waals surface area contributed by atoms with Crippen molar-refractivity contribution in [3.8, 4) is 22.9 Å². The fraction of sp³-hybridized carbons (Fsp3) is 0.0625. The standard InChI is InChI=1S/C16H10BrN5O2S/c17-12-3-1-10(2-4-12)14-20-19-13(23-14)9-25-16-22-21-15(24-16)11-5-7-18-8-6-11/h1-8H,9H2. The van der Waals surface area contributed by atoms with Crippen LogP contribution < -0.4 is 0 Å². The Balaban J connectivity index is 1.42. The summed E-state index contributed by atoms with van der Waals surface area (Å²) in [4.78, 5) is 3.96. The van der Waals surface area contributed by atoms with E-state index in [0.29, 0.717) is 28.6 Å². The molecule has 4 aromatic rings. The summed E-state index contributed by atoms with van der Waals surface area (Å²) in [7, 11) is 0. The zero-order chi connectivity index (χ0) is 17.1. The maximum absolute atomic E-state index is 5.67. The zero-order valence-corrected chi connectivity index (χ0v) is 15.1. The largest absolute Gasteiger partial charge is 0.420 e. The quantitative estimate of drug-likeness (QED) is 0.447. The Morgan fingerprint density at radius 2 is 1.48 bits per heavy atom. The van der Waals surface area contributed by atoms with Gasteiger partial charge in [-0.25, -0.2) is 0 Å². The first kappa shape index (κ1) is 16.0. The average Bonchev–Trinajstić information content (AvgIpc) is 3.31. The highest BCUT2D eigenvalue weighted by Gasteiger charge is 2.12. The van der Waals surface area contributed by atoms with Crippen LogP contribution in [-0.4, -0.2) is 25.4 Å². The van der Waals surface area contributed by atoms with Crippen molar-refractivity contribution in [1.82, 2.24) is 25.4 Å². The molecule has 0 atom stereocenters. The Kier molecular flexibility index (Phi) is 4.57. The van der Waals surface area contributed by atoms with Gasteiger partial charge in [0.25, 0.3) is 5.22 Å². The fourth-order valence-corrected chi connectivity index (χ4v) is 2.89. The van der Waals surface area contributed by atoms with E-state index >= 15 is 0 Å².